The van der Waals surface area contributed by atoms with Crippen LogP contribution < -0.4 is 0 Å². The first-order valence-electron chi connectivity index (χ1n) is 15.3. The highest BCUT2D eigenvalue weighted by Gasteiger charge is 2.79. The van der Waals surface area contributed by atoms with Crippen LogP contribution in [-0.2, 0) is 9.59 Å². The molecule has 0 spiro atoms. The number of rotatable bonds is 8. The first kappa shape index (κ1) is 30.5. The van der Waals surface area contributed by atoms with Crippen molar-refractivity contribution in [2.24, 2.45) is 0 Å². The lowest BCUT2D eigenvalue weighted by Crippen LogP contribution is -2.68. The highest BCUT2D eigenvalue weighted by molar-refractivity contribution is 5.90. The summed E-state index contributed by atoms with van der Waals surface area (Å²) in [5.74, 6) is -22.1. The highest BCUT2D eigenvalue weighted by Crippen LogP contribution is 2.49. The Kier molecular flexibility index (Phi) is 9.83. The zero-order valence-electron chi connectivity index (χ0n) is 22.9. The van der Waals surface area contributed by atoms with Gasteiger partial charge in [-0.25, -0.2) is 0 Å². The Morgan fingerprint density at radius 2 is 0.615 bits per heavy atom. The van der Waals surface area contributed by atoms with E-state index in [0.29, 0.717) is 103 Å². The predicted molar refractivity (Wildman–Crippen MR) is 136 cm³/mol. The fourth-order valence-electron chi connectivity index (χ4n) is 7.49. The van der Waals surface area contributed by atoms with Gasteiger partial charge >= 0.3 is 17.8 Å². The maximum atomic E-state index is 15.6. The van der Waals surface area contributed by atoms with E-state index in [1.807, 2.05) is 0 Å². The normalized spacial score (nSPS) is 23.9. The van der Waals surface area contributed by atoms with Crippen molar-refractivity contribution in [3.8, 4) is 0 Å². The van der Waals surface area contributed by atoms with Gasteiger partial charge in [0.2, 0.25) is 0 Å². The molecule has 0 N–H and O–H groups in total. The van der Waals surface area contributed by atoms with Gasteiger partial charge in [0.1, 0.15) is 0 Å². The number of amides is 2. The number of nitrogens with zero attached hydrogens (tertiary/aromatic N) is 2. The fraction of sp³-hybridized carbons (Fsp3) is 0.931. The second kappa shape index (κ2) is 12.6. The summed E-state index contributed by atoms with van der Waals surface area (Å²) in [7, 11) is 0. The summed E-state index contributed by atoms with van der Waals surface area (Å²) in [5.41, 5.74) is 0. The molecule has 4 fully saturated rings. The van der Waals surface area contributed by atoms with E-state index in [9.17, 15) is 9.59 Å². The monoisotopic (exact) mass is 566 g/mol. The summed E-state index contributed by atoms with van der Waals surface area (Å²) in [6, 6.07) is -2.72. The second-order valence-corrected chi connectivity index (χ2v) is 12.3. The lowest BCUT2D eigenvalue weighted by molar-refractivity contribution is -0.296. The van der Waals surface area contributed by atoms with Crippen molar-refractivity contribution in [1.29, 1.82) is 0 Å². The summed E-state index contributed by atoms with van der Waals surface area (Å²) in [6.45, 7) is 0. The van der Waals surface area contributed by atoms with Gasteiger partial charge in [-0.05, 0) is 51.4 Å². The molecule has 10 heteroatoms. The second-order valence-electron chi connectivity index (χ2n) is 12.3. The van der Waals surface area contributed by atoms with E-state index in [1.165, 1.54) is 0 Å². The average molecular weight is 567 g/mol. The molecule has 4 saturated carbocycles. The van der Waals surface area contributed by atoms with Gasteiger partial charge in [0, 0.05) is 24.2 Å². The van der Waals surface area contributed by atoms with Gasteiger partial charge in [-0.3, -0.25) is 9.59 Å². The van der Waals surface area contributed by atoms with Gasteiger partial charge in [-0.15, -0.1) is 0 Å². The number of halogens is 6. The molecule has 39 heavy (non-hydrogen) atoms. The molecule has 0 aromatic rings. The van der Waals surface area contributed by atoms with Gasteiger partial charge in [-0.2, -0.15) is 26.3 Å². The molecule has 4 aliphatic carbocycles. The summed E-state index contributed by atoms with van der Waals surface area (Å²) in [4.78, 5) is 28.2. The Balaban J connectivity index is 1.63. The molecule has 0 aromatic carbocycles. The van der Waals surface area contributed by atoms with Crippen LogP contribution in [-0.4, -0.2) is 63.5 Å². The minimum atomic E-state index is -6.16. The topological polar surface area (TPSA) is 40.6 Å². The predicted octanol–water partition coefficient (Wildman–Crippen LogP) is 7.88. The van der Waals surface area contributed by atoms with E-state index >= 15 is 26.3 Å². The van der Waals surface area contributed by atoms with Crippen LogP contribution in [0.15, 0.2) is 0 Å². The Labute approximate surface area is 228 Å². The zero-order chi connectivity index (χ0) is 28.3. The van der Waals surface area contributed by atoms with Gasteiger partial charge in [-0.1, -0.05) is 77.0 Å². The summed E-state index contributed by atoms with van der Waals surface area (Å²) in [5, 5.41) is 0. The first-order valence-corrected chi connectivity index (χ1v) is 15.3. The molecular weight excluding hydrogens is 522 g/mol. The average Bonchev–Trinajstić information content (AvgIpc) is 2.95. The van der Waals surface area contributed by atoms with Crippen LogP contribution in [0.25, 0.3) is 0 Å². The largest absolute Gasteiger partial charge is 0.393 e. The highest BCUT2D eigenvalue weighted by atomic mass is 19.3. The quantitative estimate of drug-likeness (QED) is 0.281. The van der Waals surface area contributed by atoms with Crippen LogP contribution in [0.4, 0.5) is 26.3 Å². The van der Waals surface area contributed by atoms with Crippen molar-refractivity contribution in [2.75, 3.05) is 0 Å². The van der Waals surface area contributed by atoms with E-state index in [2.05, 4.69) is 0 Å². The lowest BCUT2D eigenvalue weighted by Gasteiger charge is -2.46. The molecule has 4 nitrogen and oxygen atoms in total. The van der Waals surface area contributed by atoms with Crippen LogP contribution in [0.1, 0.15) is 128 Å². The minimum Gasteiger partial charge on any atom is -0.331 e. The van der Waals surface area contributed by atoms with Crippen molar-refractivity contribution in [3.05, 3.63) is 0 Å². The van der Waals surface area contributed by atoms with E-state index < -0.39 is 53.7 Å². The molecule has 0 radical (unpaired) electrons. The van der Waals surface area contributed by atoms with Crippen molar-refractivity contribution in [1.82, 2.24) is 9.80 Å². The molecule has 2 amide bonds. The van der Waals surface area contributed by atoms with Crippen LogP contribution in [0.2, 0.25) is 0 Å². The van der Waals surface area contributed by atoms with E-state index in [0.717, 1.165) is 35.5 Å². The molecule has 0 aromatic heterocycles. The van der Waals surface area contributed by atoms with Crippen molar-refractivity contribution in [2.45, 2.75) is 170 Å². The van der Waals surface area contributed by atoms with Crippen LogP contribution in [0.3, 0.4) is 0 Å². The molecule has 0 heterocycles. The van der Waals surface area contributed by atoms with E-state index in [1.54, 1.807) is 0 Å². The lowest BCUT2D eigenvalue weighted by atomic mass is 9.86. The molecule has 4 rings (SSSR count). The Morgan fingerprint density at radius 1 is 0.410 bits per heavy atom. The number of carbonyl (C=O) groups excluding carboxylic acids is 2. The first-order chi connectivity index (χ1) is 18.5. The number of carbonyl (C=O) groups is 2. The molecule has 224 valence electrons. The zero-order valence-corrected chi connectivity index (χ0v) is 22.9. The number of alkyl halides is 6. The summed E-state index contributed by atoms with van der Waals surface area (Å²) < 4.78 is 93.2. The van der Waals surface area contributed by atoms with Crippen molar-refractivity contribution >= 4 is 11.8 Å². The Bertz CT molecular complexity index is 728. The van der Waals surface area contributed by atoms with Crippen LogP contribution >= 0.6 is 0 Å². The smallest absolute Gasteiger partial charge is 0.331 e. The minimum absolute atomic E-state index is 0.385. The molecule has 4 aliphatic rings. The summed E-state index contributed by atoms with van der Waals surface area (Å²) in [6.07, 6.45) is 11.8. The maximum absolute atomic E-state index is 15.6. The molecular formula is C29H44F6N2O2. The van der Waals surface area contributed by atoms with Gasteiger partial charge in [0.15, 0.2) is 0 Å². The Hall–Kier alpha value is -1.48. The maximum Gasteiger partial charge on any atom is 0.393 e. The van der Waals surface area contributed by atoms with E-state index in [4.69, 9.17) is 0 Å². The molecule has 0 saturated heterocycles. The molecule has 0 atom stereocenters. The standard InChI is InChI=1S/C29H44F6N2O2/c30-27(31,25(38)36(21-13-5-1-6-14-21)22-15-7-2-8-16-22)29(34,35)28(32,33)26(39)37(23-17-9-3-10-18-23)24-19-11-4-12-20-24/h21-24H,1-20H2. The number of hydrogen-bond acceptors (Lipinski definition) is 2. The number of hydrogen-bond donors (Lipinski definition) is 0. The molecule has 0 aliphatic heterocycles. The van der Waals surface area contributed by atoms with Crippen molar-refractivity contribution in [3.63, 3.8) is 0 Å². The summed E-state index contributed by atoms with van der Waals surface area (Å²) >= 11 is 0. The molecule has 0 bridgehead atoms. The van der Waals surface area contributed by atoms with Crippen LogP contribution in [0, 0.1) is 0 Å². The third kappa shape index (κ3) is 6.09. The van der Waals surface area contributed by atoms with E-state index in [-0.39, 0.29) is 0 Å². The SMILES string of the molecule is O=C(N(C1CCCCC1)C1CCCCC1)C(F)(F)C(F)(F)C(F)(F)C(=O)N(C1CCCCC1)C1CCCCC1. The third-order valence-electron chi connectivity index (χ3n) is 9.67. The van der Waals surface area contributed by atoms with Crippen molar-refractivity contribution < 1.29 is 35.9 Å². The van der Waals surface area contributed by atoms with Gasteiger partial charge in [0.05, 0.1) is 0 Å². The van der Waals surface area contributed by atoms with Gasteiger partial charge < -0.3 is 9.80 Å². The fourth-order valence-corrected chi connectivity index (χ4v) is 7.49. The van der Waals surface area contributed by atoms with Gasteiger partial charge in [0.25, 0.3) is 11.8 Å². The third-order valence-corrected chi connectivity index (χ3v) is 9.67. The van der Waals surface area contributed by atoms with Crippen LogP contribution in [0.5, 0.6) is 0 Å². The molecule has 0 unspecified atom stereocenters. The Morgan fingerprint density at radius 3 is 0.821 bits per heavy atom.